The van der Waals surface area contributed by atoms with E-state index in [9.17, 15) is 10.1 Å². The molecule has 0 fully saturated rings. The maximum atomic E-state index is 11.6. The van der Waals surface area contributed by atoms with Crippen molar-refractivity contribution in [2.24, 2.45) is 5.73 Å². The standard InChI is InChI=1S/C24H25N7O2/c1-2-26-22-13-21-19(12-23(22)31(32)33)24(30-15-29-21)28-14-16-7-3-4-9-18(16)20(25)11-17-8-5-6-10-27-17/h3-10,12-13,15,20,26H,2,11,14,25H2,1H3,(H,28,29,30). The summed E-state index contributed by atoms with van der Waals surface area (Å²) in [6, 6.07) is 16.7. The third-order valence-corrected chi connectivity index (χ3v) is 5.37. The van der Waals surface area contributed by atoms with Crippen LogP contribution in [-0.4, -0.2) is 26.4 Å². The van der Waals surface area contributed by atoms with E-state index in [0.717, 1.165) is 16.8 Å². The Bertz CT molecular complexity index is 1260. The van der Waals surface area contributed by atoms with E-state index in [1.807, 2.05) is 49.4 Å². The molecule has 1 unspecified atom stereocenters. The second kappa shape index (κ2) is 10.0. The van der Waals surface area contributed by atoms with Gasteiger partial charge in [0, 0.05) is 48.9 Å². The Hall–Kier alpha value is -4.11. The van der Waals surface area contributed by atoms with Crippen molar-refractivity contribution in [2.75, 3.05) is 17.2 Å². The molecular weight excluding hydrogens is 418 g/mol. The first-order valence-electron chi connectivity index (χ1n) is 10.7. The number of nitro benzene ring substituents is 1. The summed E-state index contributed by atoms with van der Waals surface area (Å²) in [4.78, 5) is 24.2. The van der Waals surface area contributed by atoms with Gasteiger partial charge in [-0.05, 0) is 36.2 Å². The number of hydrogen-bond acceptors (Lipinski definition) is 8. The van der Waals surface area contributed by atoms with Crippen LogP contribution in [0.3, 0.4) is 0 Å². The van der Waals surface area contributed by atoms with Crippen LogP contribution < -0.4 is 16.4 Å². The number of nitrogens with two attached hydrogens (primary N) is 1. The molecule has 9 heteroatoms. The van der Waals surface area contributed by atoms with Crippen molar-refractivity contribution < 1.29 is 4.92 Å². The van der Waals surface area contributed by atoms with Gasteiger partial charge < -0.3 is 16.4 Å². The largest absolute Gasteiger partial charge is 0.380 e. The van der Waals surface area contributed by atoms with E-state index in [2.05, 4.69) is 25.6 Å². The number of fused-ring (bicyclic) bond motifs is 1. The van der Waals surface area contributed by atoms with Gasteiger partial charge >= 0.3 is 0 Å². The van der Waals surface area contributed by atoms with Crippen LogP contribution in [0, 0.1) is 10.1 Å². The van der Waals surface area contributed by atoms with Crippen LogP contribution >= 0.6 is 0 Å². The summed E-state index contributed by atoms with van der Waals surface area (Å²) < 4.78 is 0. The molecule has 9 nitrogen and oxygen atoms in total. The van der Waals surface area contributed by atoms with Gasteiger partial charge in [0.15, 0.2) is 0 Å². The summed E-state index contributed by atoms with van der Waals surface area (Å²) in [6.45, 7) is 2.91. The molecule has 0 saturated heterocycles. The number of benzene rings is 2. The molecule has 0 aliphatic carbocycles. The number of aromatic nitrogens is 3. The number of rotatable bonds is 9. The lowest BCUT2D eigenvalue weighted by Gasteiger charge is -2.17. The first-order chi connectivity index (χ1) is 16.1. The quantitative estimate of drug-likeness (QED) is 0.259. The Morgan fingerprint density at radius 2 is 1.88 bits per heavy atom. The Morgan fingerprint density at radius 1 is 1.06 bits per heavy atom. The van der Waals surface area contributed by atoms with Crippen molar-refractivity contribution in [2.45, 2.75) is 25.9 Å². The van der Waals surface area contributed by atoms with Gasteiger partial charge in [0.05, 0.1) is 10.4 Å². The number of anilines is 2. The number of nitro groups is 1. The highest BCUT2D eigenvalue weighted by Crippen LogP contribution is 2.32. The van der Waals surface area contributed by atoms with Gasteiger partial charge in [-0.1, -0.05) is 30.3 Å². The number of pyridine rings is 1. The SMILES string of the molecule is CCNc1cc2ncnc(NCc3ccccc3C(N)Cc3ccccn3)c2cc1[N+](=O)[O-]. The van der Waals surface area contributed by atoms with E-state index >= 15 is 0 Å². The average Bonchev–Trinajstić information content (AvgIpc) is 2.83. The molecule has 0 spiro atoms. The summed E-state index contributed by atoms with van der Waals surface area (Å²) in [5, 5.41) is 18.5. The maximum Gasteiger partial charge on any atom is 0.293 e. The highest BCUT2D eigenvalue weighted by Gasteiger charge is 2.18. The van der Waals surface area contributed by atoms with E-state index in [1.54, 1.807) is 12.3 Å². The Morgan fingerprint density at radius 3 is 2.64 bits per heavy atom. The average molecular weight is 444 g/mol. The molecule has 0 saturated carbocycles. The molecule has 2 aromatic heterocycles. The van der Waals surface area contributed by atoms with Crippen molar-refractivity contribution in [1.82, 2.24) is 15.0 Å². The van der Waals surface area contributed by atoms with Crippen LogP contribution in [0.1, 0.15) is 29.8 Å². The molecule has 0 aliphatic rings. The lowest BCUT2D eigenvalue weighted by atomic mass is 9.97. The predicted octanol–water partition coefficient (Wildman–Crippen LogP) is 4.22. The third kappa shape index (κ3) is 5.04. The number of nitrogens with one attached hydrogen (secondary N) is 2. The summed E-state index contributed by atoms with van der Waals surface area (Å²) in [6.07, 6.45) is 3.83. The first kappa shape index (κ1) is 22.1. The minimum atomic E-state index is -0.403. The van der Waals surface area contributed by atoms with Gasteiger partial charge in [0.1, 0.15) is 17.8 Å². The minimum Gasteiger partial charge on any atom is -0.380 e. The molecule has 2 heterocycles. The lowest BCUT2D eigenvalue weighted by Crippen LogP contribution is -2.17. The van der Waals surface area contributed by atoms with E-state index in [1.165, 1.54) is 12.4 Å². The summed E-state index contributed by atoms with van der Waals surface area (Å²) in [5.74, 6) is 0.527. The van der Waals surface area contributed by atoms with E-state index in [-0.39, 0.29) is 11.7 Å². The summed E-state index contributed by atoms with van der Waals surface area (Å²) >= 11 is 0. The van der Waals surface area contributed by atoms with Crippen molar-refractivity contribution in [3.8, 4) is 0 Å². The van der Waals surface area contributed by atoms with Gasteiger partial charge in [-0.15, -0.1) is 0 Å². The molecule has 2 aromatic carbocycles. The first-order valence-corrected chi connectivity index (χ1v) is 10.7. The monoisotopic (exact) mass is 443 g/mol. The van der Waals surface area contributed by atoms with Crippen molar-refractivity contribution >= 4 is 28.1 Å². The highest BCUT2D eigenvalue weighted by molar-refractivity contribution is 5.94. The van der Waals surface area contributed by atoms with Crippen LogP contribution in [0.2, 0.25) is 0 Å². The normalized spacial score (nSPS) is 11.8. The lowest BCUT2D eigenvalue weighted by molar-refractivity contribution is -0.383. The number of nitrogens with zero attached hydrogens (tertiary/aromatic N) is 4. The zero-order chi connectivity index (χ0) is 23.2. The summed E-state index contributed by atoms with van der Waals surface area (Å²) in [7, 11) is 0. The Kier molecular flexibility index (Phi) is 6.70. The topological polar surface area (TPSA) is 132 Å². The fraction of sp³-hybridized carbons (Fsp3) is 0.208. The molecule has 33 heavy (non-hydrogen) atoms. The van der Waals surface area contributed by atoms with Gasteiger partial charge in [-0.3, -0.25) is 15.1 Å². The van der Waals surface area contributed by atoms with Gasteiger partial charge in [0.25, 0.3) is 5.69 Å². The van der Waals surface area contributed by atoms with Gasteiger partial charge in [-0.25, -0.2) is 9.97 Å². The van der Waals surface area contributed by atoms with Crippen LogP contribution in [-0.2, 0) is 13.0 Å². The Balaban J connectivity index is 1.60. The van der Waals surface area contributed by atoms with Crippen LogP contribution in [0.4, 0.5) is 17.2 Å². The van der Waals surface area contributed by atoms with E-state index in [4.69, 9.17) is 5.73 Å². The summed E-state index contributed by atoms with van der Waals surface area (Å²) in [5.41, 5.74) is 10.5. The highest BCUT2D eigenvalue weighted by atomic mass is 16.6. The molecule has 0 aliphatic heterocycles. The van der Waals surface area contributed by atoms with Crippen LogP contribution in [0.25, 0.3) is 10.9 Å². The van der Waals surface area contributed by atoms with Gasteiger partial charge in [-0.2, -0.15) is 0 Å². The number of hydrogen-bond donors (Lipinski definition) is 3. The molecule has 168 valence electrons. The third-order valence-electron chi connectivity index (χ3n) is 5.37. The minimum absolute atomic E-state index is 0.0139. The molecule has 4 N–H and O–H groups in total. The maximum absolute atomic E-state index is 11.6. The zero-order valence-corrected chi connectivity index (χ0v) is 18.2. The van der Waals surface area contributed by atoms with Crippen molar-refractivity contribution in [1.29, 1.82) is 0 Å². The van der Waals surface area contributed by atoms with E-state index in [0.29, 0.717) is 41.9 Å². The fourth-order valence-electron chi connectivity index (χ4n) is 3.81. The van der Waals surface area contributed by atoms with Gasteiger partial charge in [0.2, 0.25) is 0 Å². The molecule has 1 atom stereocenters. The molecule has 0 amide bonds. The Labute approximate surface area is 191 Å². The van der Waals surface area contributed by atoms with E-state index < -0.39 is 4.92 Å². The van der Waals surface area contributed by atoms with Crippen LogP contribution in [0.15, 0.2) is 67.1 Å². The molecule has 4 rings (SSSR count). The molecule has 4 aromatic rings. The fourth-order valence-corrected chi connectivity index (χ4v) is 3.81. The zero-order valence-electron chi connectivity index (χ0n) is 18.2. The molecule has 0 radical (unpaired) electrons. The van der Waals surface area contributed by atoms with Crippen molar-refractivity contribution in [3.63, 3.8) is 0 Å². The van der Waals surface area contributed by atoms with Crippen molar-refractivity contribution in [3.05, 3.63) is 94.1 Å². The second-order valence-electron chi connectivity index (χ2n) is 7.58. The smallest absolute Gasteiger partial charge is 0.293 e. The predicted molar refractivity (Wildman–Crippen MR) is 129 cm³/mol. The molecular formula is C24H25N7O2. The van der Waals surface area contributed by atoms with Crippen LogP contribution in [0.5, 0.6) is 0 Å². The second-order valence-corrected chi connectivity index (χ2v) is 7.58. The molecule has 0 bridgehead atoms.